The molecule has 0 bridgehead atoms. The topological polar surface area (TPSA) is 50.4 Å². The highest BCUT2D eigenvalue weighted by atomic mass is 16.5. The van der Waals surface area contributed by atoms with Crippen LogP contribution in [0, 0.1) is 6.92 Å². The van der Waals surface area contributed by atoms with Crippen molar-refractivity contribution in [2.45, 2.75) is 26.4 Å². The number of hydrogen-bond acceptors (Lipinski definition) is 3. The molecule has 122 valence electrons. The molecule has 0 atom stereocenters. The summed E-state index contributed by atoms with van der Waals surface area (Å²) in [4.78, 5) is 11.9. The van der Waals surface area contributed by atoms with E-state index in [-0.39, 0.29) is 5.91 Å². The number of carbonyl (C=O) groups excluding carboxylic acids is 1. The molecule has 0 spiro atoms. The van der Waals surface area contributed by atoms with Gasteiger partial charge < -0.3 is 15.4 Å². The smallest absolute Gasteiger partial charge is 0.221 e. The first-order valence-electron chi connectivity index (χ1n) is 7.84. The maximum absolute atomic E-state index is 11.9. The normalized spacial score (nSPS) is 10.3. The number of methoxy groups -OCH3 is 1. The van der Waals surface area contributed by atoms with E-state index in [0.717, 1.165) is 17.9 Å². The Labute approximate surface area is 137 Å². The van der Waals surface area contributed by atoms with Crippen LogP contribution in [0.4, 0.5) is 0 Å². The lowest BCUT2D eigenvalue weighted by molar-refractivity contribution is -0.121. The van der Waals surface area contributed by atoms with Crippen LogP contribution in [-0.2, 0) is 17.9 Å². The Bertz CT molecular complexity index is 624. The molecular formula is C19H24N2O2. The number of benzene rings is 2. The molecule has 0 unspecified atom stereocenters. The lowest BCUT2D eigenvalue weighted by Crippen LogP contribution is -2.27. The number of carbonyl (C=O) groups is 1. The minimum absolute atomic E-state index is 0.0653. The summed E-state index contributed by atoms with van der Waals surface area (Å²) < 4.78 is 5.12. The molecule has 2 rings (SSSR count). The minimum Gasteiger partial charge on any atom is -0.497 e. The number of hydrogen-bond donors (Lipinski definition) is 2. The van der Waals surface area contributed by atoms with Gasteiger partial charge in [0.1, 0.15) is 5.75 Å². The van der Waals surface area contributed by atoms with Crippen LogP contribution in [0.1, 0.15) is 23.1 Å². The zero-order chi connectivity index (χ0) is 16.5. The van der Waals surface area contributed by atoms with Crippen LogP contribution in [0.25, 0.3) is 0 Å². The first-order chi connectivity index (χ1) is 11.2. The van der Waals surface area contributed by atoms with Gasteiger partial charge in [0.15, 0.2) is 0 Å². The Balaban J connectivity index is 1.63. The molecule has 0 radical (unpaired) electrons. The number of amides is 1. The predicted molar refractivity (Wildman–Crippen MR) is 92.3 cm³/mol. The van der Waals surface area contributed by atoms with Crippen molar-refractivity contribution in [3.63, 3.8) is 0 Å². The summed E-state index contributed by atoms with van der Waals surface area (Å²) in [6.45, 7) is 4.04. The summed E-state index contributed by atoms with van der Waals surface area (Å²) in [5, 5.41) is 6.24. The van der Waals surface area contributed by atoms with Crippen molar-refractivity contribution in [2.24, 2.45) is 0 Å². The molecule has 0 aromatic heterocycles. The van der Waals surface area contributed by atoms with Gasteiger partial charge in [0, 0.05) is 26.1 Å². The molecule has 0 aliphatic rings. The second kappa shape index (κ2) is 8.96. The molecule has 0 heterocycles. The first kappa shape index (κ1) is 17.0. The van der Waals surface area contributed by atoms with Crippen LogP contribution in [0.3, 0.4) is 0 Å². The molecule has 0 aliphatic heterocycles. The summed E-state index contributed by atoms with van der Waals surface area (Å²) in [5.74, 6) is 0.916. The fourth-order valence-electron chi connectivity index (χ4n) is 2.27. The van der Waals surface area contributed by atoms with Crippen LogP contribution < -0.4 is 15.4 Å². The van der Waals surface area contributed by atoms with Gasteiger partial charge in [0.05, 0.1) is 7.11 Å². The molecule has 2 aromatic rings. The molecule has 2 N–H and O–H groups in total. The van der Waals surface area contributed by atoms with Crippen molar-refractivity contribution >= 4 is 5.91 Å². The van der Waals surface area contributed by atoms with Crippen molar-refractivity contribution in [2.75, 3.05) is 13.7 Å². The number of aryl methyl sites for hydroxylation is 1. The molecule has 1 amide bonds. The number of rotatable bonds is 8. The molecule has 4 heteroatoms. The molecule has 0 aliphatic carbocycles. The third-order valence-electron chi connectivity index (χ3n) is 3.75. The highest BCUT2D eigenvalue weighted by Gasteiger charge is 2.02. The van der Waals surface area contributed by atoms with Gasteiger partial charge in [-0.2, -0.15) is 0 Å². The molecule has 0 fully saturated rings. The highest BCUT2D eigenvalue weighted by Crippen LogP contribution is 2.10. The van der Waals surface area contributed by atoms with Crippen molar-refractivity contribution in [3.8, 4) is 5.75 Å². The quantitative estimate of drug-likeness (QED) is 0.737. The zero-order valence-corrected chi connectivity index (χ0v) is 13.8. The SMILES string of the molecule is COc1ccc(CNCCC(=O)NCc2ccccc2C)cc1. The highest BCUT2D eigenvalue weighted by molar-refractivity contribution is 5.76. The van der Waals surface area contributed by atoms with E-state index in [1.165, 1.54) is 11.1 Å². The molecule has 0 saturated heterocycles. The van der Waals surface area contributed by atoms with E-state index < -0.39 is 0 Å². The third kappa shape index (κ3) is 5.75. The molecule has 2 aromatic carbocycles. The van der Waals surface area contributed by atoms with Crippen molar-refractivity contribution in [3.05, 3.63) is 65.2 Å². The molecule has 4 nitrogen and oxygen atoms in total. The Kier molecular flexibility index (Phi) is 6.63. The van der Waals surface area contributed by atoms with Gasteiger partial charge in [-0.05, 0) is 35.7 Å². The minimum atomic E-state index is 0.0653. The summed E-state index contributed by atoms with van der Waals surface area (Å²) in [5.41, 5.74) is 3.53. The maximum atomic E-state index is 11.9. The monoisotopic (exact) mass is 312 g/mol. The van der Waals surface area contributed by atoms with Gasteiger partial charge in [-0.15, -0.1) is 0 Å². The van der Waals surface area contributed by atoms with Crippen LogP contribution in [0.2, 0.25) is 0 Å². The standard InChI is InChI=1S/C19H24N2O2/c1-15-5-3-4-6-17(15)14-21-19(22)11-12-20-13-16-7-9-18(23-2)10-8-16/h3-10,20H,11-14H2,1-2H3,(H,21,22). The fraction of sp³-hybridized carbons (Fsp3) is 0.316. The van der Waals surface area contributed by atoms with Gasteiger partial charge in [-0.3, -0.25) is 4.79 Å². The number of nitrogens with one attached hydrogen (secondary N) is 2. The van der Waals surface area contributed by atoms with Crippen LogP contribution in [0.5, 0.6) is 5.75 Å². The second-order valence-electron chi connectivity index (χ2n) is 5.48. The number of ether oxygens (including phenoxy) is 1. The van der Waals surface area contributed by atoms with E-state index in [1.807, 2.05) is 42.5 Å². The Hall–Kier alpha value is -2.33. The van der Waals surface area contributed by atoms with Crippen LogP contribution in [0.15, 0.2) is 48.5 Å². The first-order valence-corrected chi connectivity index (χ1v) is 7.84. The Morgan fingerprint density at radius 2 is 1.78 bits per heavy atom. The summed E-state index contributed by atoms with van der Waals surface area (Å²) >= 11 is 0. The summed E-state index contributed by atoms with van der Waals surface area (Å²) in [7, 11) is 1.66. The second-order valence-corrected chi connectivity index (χ2v) is 5.48. The zero-order valence-electron chi connectivity index (χ0n) is 13.8. The van der Waals surface area contributed by atoms with Gasteiger partial charge in [-0.25, -0.2) is 0 Å². The molecule has 0 saturated carbocycles. The summed E-state index contributed by atoms with van der Waals surface area (Å²) in [6.07, 6.45) is 0.474. The van der Waals surface area contributed by atoms with Crippen molar-refractivity contribution in [1.29, 1.82) is 0 Å². The maximum Gasteiger partial charge on any atom is 0.221 e. The largest absolute Gasteiger partial charge is 0.497 e. The Morgan fingerprint density at radius 3 is 2.48 bits per heavy atom. The van der Waals surface area contributed by atoms with E-state index in [9.17, 15) is 4.79 Å². The van der Waals surface area contributed by atoms with Gasteiger partial charge >= 0.3 is 0 Å². The van der Waals surface area contributed by atoms with Crippen molar-refractivity contribution in [1.82, 2.24) is 10.6 Å². The van der Waals surface area contributed by atoms with E-state index in [1.54, 1.807) is 7.11 Å². The van der Waals surface area contributed by atoms with Crippen molar-refractivity contribution < 1.29 is 9.53 Å². The van der Waals surface area contributed by atoms with Crippen LogP contribution in [-0.4, -0.2) is 19.6 Å². The average molecular weight is 312 g/mol. The van der Waals surface area contributed by atoms with E-state index in [2.05, 4.69) is 23.6 Å². The molecule has 23 heavy (non-hydrogen) atoms. The average Bonchev–Trinajstić information content (AvgIpc) is 2.58. The van der Waals surface area contributed by atoms with E-state index >= 15 is 0 Å². The predicted octanol–water partition coefficient (Wildman–Crippen LogP) is 2.80. The lowest BCUT2D eigenvalue weighted by atomic mass is 10.1. The summed E-state index contributed by atoms with van der Waals surface area (Å²) in [6, 6.07) is 16.0. The fourth-order valence-corrected chi connectivity index (χ4v) is 2.27. The van der Waals surface area contributed by atoms with Crippen LogP contribution >= 0.6 is 0 Å². The molecular weight excluding hydrogens is 288 g/mol. The van der Waals surface area contributed by atoms with Gasteiger partial charge in [0.25, 0.3) is 0 Å². The van der Waals surface area contributed by atoms with Gasteiger partial charge in [0.2, 0.25) is 5.91 Å². The lowest BCUT2D eigenvalue weighted by Gasteiger charge is -2.09. The van der Waals surface area contributed by atoms with Gasteiger partial charge in [-0.1, -0.05) is 36.4 Å². The van der Waals surface area contributed by atoms with E-state index in [4.69, 9.17) is 4.74 Å². The third-order valence-corrected chi connectivity index (χ3v) is 3.75. The Morgan fingerprint density at radius 1 is 1.04 bits per heavy atom. The van der Waals surface area contributed by atoms with E-state index in [0.29, 0.717) is 19.5 Å².